The van der Waals surface area contributed by atoms with Crippen LogP contribution < -0.4 is 10.0 Å². The fraction of sp³-hybridized carbons (Fsp3) is 0.500. The Morgan fingerprint density at radius 2 is 1.76 bits per heavy atom. The lowest BCUT2D eigenvalue weighted by atomic mass is 10.2. The Morgan fingerprint density at radius 1 is 1.12 bits per heavy atom. The molecule has 0 saturated heterocycles. The highest BCUT2D eigenvalue weighted by atomic mass is 32.2. The number of unbranched alkanes of at least 4 members (excludes halogenated alkanes) is 1. The first-order chi connectivity index (χ1) is 8.03. The van der Waals surface area contributed by atoms with E-state index in [-0.39, 0.29) is 5.75 Å². The van der Waals surface area contributed by atoms with E-state index in [1.54, 1.807) is 12.1 Å². The second-order valence-corrected chi connectivity index (χ2v) is 5.94. The van der Waals surface area contributed by atoms with Crippen molar-refractivity contribution in [3.63, 3.8) is 0 Å². The first kappa shape index (κ1) is 14.0. The molecule has 0 heterocycles. The van der Waals surface area contributed by atoms with E-state index < -0.39 is 10.0 Å². The summed E-state index contributed by atoms with van der Waals surface area (Å²) in [5, 5.41) is 2.99. The predicted molar refractivity (Wildman–Crippen MR) is 71.7 cm³/mol. The summed E-state index contributed by atoms with van der Waals surface area (Å²) in [4.78, 5) is 0. The van der Waals surface area contributed by atoms with Gasteiger partial charge in [0.25, 0.3) is 0 Å². The molecule has 0 aliphatic rings. The number of sulfonamides is 1. The number of aryl methyl sites for hydroxylation is 1. The van der Waals surface area contributed by atoms with E-state index in [4.69, 9.17) is 0 Å². The van der Waals surface area contributed by atoms with E-state index in [1.165, 1.54) is 0 Å². The molecule has 0 spiro atoms. The monoisotopic (exact) mass is 256 g/mol. The van der Waals surface area contributed by atoms with Crippen molar-refractivity contribution in [2.45, 2.75) is 19.8 Å². The number of benzene rings is 1. The summed E-state index contributed by atoms with van der Waals surface area (Å²) in [6.07, 6.45) is 1.54. The Kier molecular flexibility index (Phi) is 5.44. The second-order valence-electron chi connectivity index (χ2n) is 4.10. The maximum atomic E-state index is 11.7. The van der Waals surface area contributed by atoms with Gasteiger partial charge in [-0.05, 0) is 45.5 Å². The molecule has 1 aromatic rings. The van der Waals surface area contributed by atoms with Crippen molar-refractivity contribution < 1.29 is 8.42 Å². The number of rotatable bonds is 7. The van der Waals surface area contributed by atoms with Gasteiger partial charge < -0.3 is 5.32 Å². The quantitative estimate of drug-likeness (QED) is 0.731. The standard InChI is InChI=1S/C12H20N2O2S/c1-11-5-7-12(8-6-11)14-17(15,16)10-4-3-9-13-2/h5-8,13-14H,3-4,9-10H2,1-2H3. The summed E-state index contributed by atoms with van der Waals surface area (Å²) in [5.74, 6) is 0.169. The average molecular weight is 256 g/mol. The molecule has 2 N–H and O–H groups in total. The second kappa shape index (κ2) is 6.61. The van der Waals surface area contributed by atoms with Crippen LogP contribution in [-0.4, -0.2) is 27.8 Å². The largest absolute Gasteiger partial charge is 0.320 e. The van der Waals surface area contributed by atoms with Gasteiger partial charge in [0.1, 0.15) is 0 Å². The van der Waals surface area contributed by atoms with Crippen molar-refractivity contribution in [3.8, 4) is 0 Å². The van der Waals surface area contributed by atoms with Crippen LogP contribution in [0.15, 0.2) is 24.3 Å². The zero-order chi connectivity index (χ0) is 12.7. The van der Waals surface area contributed by atoms with Crippen LogP contribution in [0.3, 0.4) is 0 Å². The van der Waals surface area contributed by atoms with Gasteiger partial charge in [0.2, 0.25) is 10.0 Å². The van der Waals surface area contributed by atoms with Crippen LogP contribution in [0, 0.1) is 6.92 Å². The van der Waals surface area contributed by atoms with Crippen LogP contribution in [-0.2, 0) is 10.0 Å². The third kappa shape index (κ3) is 5.70. The van der Waals surface area contributed by atoms with Crippen molar-refractivity contribution in [2.75, 3.05) is 24.1 Å². The maximum Gasteiger partial charge on any atom is 0.232 e. The van der Waals surface area contributed by atoms with Crippen molar-refractivity contribution in [2.24, 2.45) is 0 Å². The van der Waals surface area contributed by atoms with Gasteiger partial charge in [0, 0.05) is 5.69 Å². The summed E-state index contributed by atoms with van der Waals surface area (Å²) in [6, 6.07) is 7.33. The lowest BCUT2D eigenvalue weighted by Crippen LogP contribution is -2.18. The van der Waals surface area contributed by atoms with E-state index in [2.05, 4.69) is 10.0 Å². The fourth-order valence-corrected chi connectivity index (χ4v) is 2.63. The number of hydrogen-bond donors (Lipinski definition) is 2. The average Bonchev–Trinajstić information content (AvgIpc) is 2.27. The van der Waals surface area contributed by atoms with Gasteiger partial charge >= 0.3 is 0 Å². The summed E-state index contributed by atoms with van der Waals surface area (Å²) < 4.78 is 26.0. The molecule has 0 bridgehead atoms. The van der Waals surface area contributed by atoms with Gasteiger partial charge in [-0.15, -0.1) is 0 Å². The van der Waals surface area contributed by atoms with Crippen molar-refractivity contribution in [1.82, 2.24) is 5.32 Å². The fourth-order valence-electron chi connectivity index (χ4n) is 1.45. The molecule has 0 aliphatic carbocycles. The Morgan fingerprint density at radius 3 is 2.35 bits per heavy atom. The molecular formula is C12H20N2O2S. The third-order valence-electron chi connectivity index (χ3n) is 2.41. The number of hydrogen-bond acceptors (Lipinski definition) is 3. The molecule has 5 heteroatoms. The number of anilines is 1. The van der Waals surface area contributed by atoms with Crippen LogP contribution in [0.25, 0.3) is 0 Å². The van der Waals surface area contributed by atoms with Crippen LogP contribution in [0.2, 0.25) is 0 Å². The first-order valence-electron chi connectivity index (χ1n) is 5.75. The Hall–Kier alpha value is -1.07. The molecule has 0 radical (unpaired) electrons. The van der Waals surface area contributed by atoms with Crippen LogP contribution in [0.1, 0.15) is 18.4 Å². The highest BCUT2D eigenvalue weighted by Crippen LogP contribution is 2.11. The smallest absolute Gasteiger partial charge is 0.232 e. The lowest BCUT2D eigenvalue weighted by molar-refractivity contribution is 0.595. The summed E-state index contributed by atoms with van der Waals surface area (Å²) >= 11 is 0. The molecule has 0 unspecified atom stereocenters. The molecule has 0 saturated carbocycles. The Bertz CT molecular complexity index is 426. The molecule has 0 aromatic heterocycles. The highest BCUT2D eigenvalue weighted by Gasteiger charge is 2.09. The van der Waals surface area contributed by atoms with E-state index in [0.717, 1.165) is 18.5 Å². The summed E-state index contributed by atoms with van der Waals surface area (Å²) in [6.45, 7) is 2.82. The van der Waals surface area contributed by atoms with E-state index in [1.807, 2.05) is 26.1 Å². The normalized spacial score (nSPS) is 11.4. The Labute approximate surface area is 103 Å². The van der Waals surface area contributed by atoms with E-state index in [0.29, 0.717) is 12.1 Å². The summed E-state index contributed by atoms with van der Waals surface area (Å²) in [7, 11) is -1.35. The van der Waals surface area contributed by atoms with Gasteiger partial charge in [-0.2, -0.15) is 0 Å². The topological polar surface area (TPSA) is 58.2 Å². The van der Waals surface area contributed by atoms with Crippen LogP contribution in [0.5, 0.6) is 0 Å². The molecule has 0 atom stereocenters. The summed E-state index contributed by atoms with van der Waals surface area (Å²) in [5.41, 5.74) is 1.74. The molecule has 0 amide bonds. The molecule has 1 aromatic carbocycles. The van der Waals surface area contributed by atoms with Gasteiger partial charge in [0.05, 0.1) is 5.75 Å². The van der Waals surface area contributed by atoms with Gasteiger partial charge in [-0.3, -0.25) is 4.72 Å². The lowest BCUT2D eigenvalue weighted by Gasteiger charge is -2.08. The maximum absolute atomic E-state index is 11.7. The minimum absolute atomic E-state index is 0.169. The van der Waals surface area contributed by atoms with E-state index in [9.17, 15) is 8.42 Å². The SMILES string of the molecule is CNCCCCS(=O)(=O)Nc1ccc(C)cc1. The van der Waals surface area contributed by atoms with Crippen LogP contribution >= 0.6 is 0 Å². The van der Waals surface area contributed by atoms with Crippen molar-refractivity contribution in [3.05, 3.63) is 29.8 Å². The zero-order valence-electron chi connectivity index (χ0n) is 10.4. The van der Waals surface area contributed by atoms with Gasteiger partial charge in [-0.25, -0.2) is 8.42 Å². The molecule has 0 aliphatic heterocycles. The molecule has 4 nitrogen and oxygen atoms in total. The van der Waals surface area contributed by atoms with Crippen LogP contribution in [0.4, 0.5) is 5.69 Å². The van der Waals surface area contributed by atoms with Gasteiger partial charge in [0.15, 0.2) is 0 Å². The van der Waals surface area contributed by atoms with Crippen molar-refractivity contribution in [1.29, 1.82) is 0 Å². The minimum atomic E-state index is -3.21. The molecule has 17 heavy (non-hydrogen) atoms. The predicted octanol–water partition coefficient (Wildman–Crippen LogP) is 1.74. The minimum Gasteiger partial charge on any atom is -0.320 e. The molecule has 96 valence electrons. The Balaban J connectivity index is 2.46. The molecule has 1 rings (SSSR count). The zero-order valence-corrected chi connectivity index (χ0v) is 11.2. The highest BCUT2D eigenvalue weighted by molar-refractivity contribution is 7.92. The molecular weight excluding hydrogens is 236 g/mol. The number of nitrogens with one attached hydrogen (secondary N) is 2. The van der Waals surface area contributed by atoms with Crippen molar-refractivity contribution >= 4 is 15.7 Å². The van der Waals surface area contributed by atoms with Gasteiger partial charge in [-0.1, -0.05) is 17.7 Å². The third-order valence-corrected chi connectivity index (χ3v) is 3.79. The van der Waals surface area contributed by atoms with E-state index >= 15 is 0 Å². The molecule has 0 fully saturated rings. The first-order valence-corrected chi connectivity index (χ1v) is 7.40.